The Bertz CT molecular complexity index is 240. The molecule has 0 aliphatic carbocycles. The Hall–Kier alpha value is -0.750. The van der Waals surface area contributed by atoms with E-state index in [2.05, 4.69) is 10.6 Å². The fourth-order valence-electron chi connectivity index (χ4n) is 1.49. The molecule has 1 heterocycles. The molecule has 88 valence electrons. The van der Waals surface area contributed by atoms with Gasteiger partial charge in [0.1, 0.15) is 6.61 Å². The van der Waals surface area contributed by atoms with Crippen molar-refractivity contribution in [2.45, 2.75) is 19.3 Å². The van der Waals surface area contributed by atoms with Crippen LogP contribution in [-0.2, 0) is 4.79 Å². The van der Waals surface area contributed by atoms with E-state index in [1.54, 1.807) is 6.92 Å². The number of halogens is 2. The Kier molecular flexibility index (Phi) is 3.62. The molecule has 0 aromatic heterocycles. The zero-order valence-corrected chi connectivity index (χ0v) is 8.65. The van der Waals surface area contributed by atoms with Crippen molar-refractivity contribution in [1.29, 1.82) is 0 Å². The highest BCUT2D eigenvalue weighted by Crippen LogP contribution is 2.24. The van der Waals surface area contributed by atoms with Gasteiger partial charge in [0.25, 0.3) is 5.92 Å². The lowest BCUT2D eigenvalue weighted by Gasteiger charge is -2.23. The lowest BCUT2D eigenvalue weighted by molar-refractivity contribution is -0.132. The van der Waals surface area contributed by atoms with E-state index in [4.69, 9.17) is 5.11 Å². The third-order valence-electron chi connectivity index (χ3n) is 2.66. The monoisotopic (exact) mass is 222 g/mol. The molecule has 1 atom stereocenters. The summed E-state index contributed by atoms with van der Waals surface area (Å²) in [6.07, 6.45) is 0.642. The van der Waals surface area contributed by atoms with Crippen molar-refractivity contribution < 1.29 is 18.7 Å². The van der Waals surface area contributed by atoms with Crippen LogP contribution in [0.5, 0.6) is 0 Å². The third-order valence-corrected chi connectivity index (χ3v) is 2.66. The highest BCUT2D eigenvalue weighted by Gasteiger charge is 2.38. The minimum Gasteiger partial charge on any atom is -0.390 e. The number of alkyl halides is 2. The smallest absolute Gasteiger partial charge is 0.287 e. The van der Waals surface area contributed by atoms with Gasteiger partial charge in [0.15, 0.2) is 0 Å². The number of rotatable bonds is 4. The van der Waals surface area contributed by atoms with Crippen molar-refractivity contribution in [1.82, 2.24) is 10.6 Å². The first-order chi connectivity index (χ1) is 6.90. The summed E-state index contributed by atoms with van der Waals surface area (Å²) < 4.78 is 25.3. The quantitative estimate of drug-likeness (QED) is 0.613. The van der Waals surface area contributed by atoms with Crippen LogP contribution < -0.4 is 10.6 Å². The van der Waals surface area contributed by atoms with Crippen LogP contribution in [-0.4, -0.2) is 43.2 Å². The van der Waals surface area contributed by atoms with Gasteiger partial charge in [-0.05, 0) is 19.9 Å². The topological polar surface area (TPSA) is 61.4 Å². The van der Waals surface area contributed by atoms with Gasteiger partial charge in [-0.1, -0.05) is 0 Å². The molecule has 0 saturated carbocycles. The van der Waals surface area contributed by atoms with Crippen molar-refractivity contribution in [3.8, 4) is 0 Å². The second-order valence-corrected chi connectivity index (χ2v) is 4.18. The Morgan fingerprint density at radius 3 is 2.80 bits per heavy atom. The van der Waals surface area contributed by atoms with E-state index < -0.39 is 24.5 Å². The first kappa shape index (κ1) is 12.3. The number of hydrogen-bond donors (Lipinski definition) is 3. The Morgan fingerprint density at radius 1 is 1.67 bits per heavy atom. The normalized spacial score (nSPS) is 26.7. The van der Waals surface area contributed by atoms with Crippen LogP contribution in [0.4, 0.5) is 8.78 Å². The molecule has 1 rings (SSSR count). The average Bonchev–Trinajstić information content (AvgIpc) is 2.63. The number of nitrogens with one attached hydrogen (secondary N) is 2. The average molecular weight is 222 g/mol. The van der Waals surface area contributed by atoms with Crippen LogP contribution in [0.2, 0.25) is 0 Å². The van der Waals surface area contributed by atoms with Crippen LogP contribution >= 0.6 is 0 Å². The summed E-state index contributed by atoms with van der Waals surface area (Å²) in [4.78, 5) is 11.6. The van der Waals surface area contributed by atoms with Crippen LogP contribution in [0.3, 0.4) is 0 Å². The first-order valence-electron chi connectivity index (χ1n) is 4.87. The van der Waals surface area contributed by atoms with Crippen molar-refractivity contribution in [3.63, 3.8) is 0 Å². The van der Waals surface area contributed by atoms with E-state index >= 15 is 0 Å². The molecule has 0 aromatic carbocycles. The lowest BCUT2D eigenvalue weighted by Crippen LogP contribution is -2.46. The fourth-order valence-corrected chi connectivity index (χ4v) is 1.49. The number of carbonyl (C=O) groups excluding carboxylic acids is 1. The number of carbonyl (C=O) groups is 1. The largest absolute Gasteiger partial charge is 0.390 e. The summed E-state index contributed by atoms with van der Waals surface area (Å²) in [5.74, 6) is -3.63. The van der Waals surface area contributed by atoms with Crippen molar-refractivity contribution in [3.05, 3.63) is 0 Å². The molecular formula is C9H16F2N2O2. The maximum Gasteiger partial charge on any atom is 0.287 e. The van der Waals surface area contributed by atoms with E-state index in [0.29, 0.717) is 13.0 Å². The van der Waals surface area contributed by atoms with E-state index in [9.17, 15) is 13.6 Å². The van der Waals surface area contributed by atoms with E-state index in [0.717, 1.165) is 6.54 Å². The standard InChI is InChI=1S/C9H16F2N2O2/c1-8(2-3-12-4-8)7(15)13-5-9(10,11)6-14/h12,14H,2-6H2,1H3,(H,13,15). The predicted molar refractivity (Wildman–Crippen MR) is 50.6 cm³/mol. The highest BCUT2D eigenvalue weighted by atomic mass is 19.3. The molecule has 3 N–H and O–H groups in total. The molecule has 6 heteroatoms. The lowest BCUT2D eigenvalue weighted by atomic mass is 9.89. The predicted octanol–water partition coefficient (Wildman–Crippen LogP) is -0.270. The molecule has 0 aromatic rings. The number of aliphatic hydroxyl groups is 1. The van der Waals surface area contributed by atoms with Crippen LogP contribution in [0, 0.1) is 5.41 Å². The molecular weight excluding hydrogens is 206 g/mol. The van der Waals surface area contributed by atoms with Gasteiger partial charge >= 0.3 is 0 Å². The first-order valence-corrected chi connectivity index (χ1v) is 4.87. The summed E-state index contributed by atoms with van der Waals surface area (Å²) in [7, 11) is 0. The van der Waals surface area contributed by atoms with E-state index in [1.807, 2.05) is 0 Å². The van der Waals surface area contributed by atoms with Crippen LogP contribution in [0.1, 0.15) is 13.3 Å². The summed E-state index contributed by atoms with van der Waals surface area (Å²) in [5.41, 5.74) is -0.606. The van der Waals surface area contributed by atoms with Gasteiger partial charge < -0.3 is 15.7 Å². The summed E-state index contributed by atoms with van der Waals surface area (Å²) in [5, 5.41) is 13.5. The maximum absolute atomic E-state index is 12.6. The van der Waals surface area contributed by atoms with Gasteiger partial charge in [-0.3, -0.25) is 4.79 Å². The molecule has 1 saturated heterocycles. The number of hydrogen-bond acceptors (Lipinski definition) is 3. The van der Waals surface area contributed by atoms with Crippen molar-refractivity contribution in [2.24, 2.45) is 5.41 Å². The zero-order chi connectivity index (χ0) is 11.5. The van der Waals surface area contributed by atoms with Gasteiger partial charge in [-0.25, -0.2) is 8.78 Å². The summed E-state index contributed by atoms with van der Waals surface area (Å²) >= 11 is 0. The highest BCUT2D eigenvalue weighted by molar-refractivity contribution is 5.82. The van der Waals surface area contributed by atoms with Crippen LogP contribution in [0.15, 0.2) is 0 Å². The minimum atomic E-state index is -3.24. The van der Waals surface area contributed by atoms with Gasteiger partial charge in [0.05, 0.1) is 12.0 Å². The fraction of sp³-hybridized carbons (Fsp3) is 0.889. The van der Waals surface area contributed by atoms with Crippen molar-refractivity contribution in [2.75, 3.05) is 26.2 Å². The molecule has 1 aliphatic rings. The molecule has 15 heavy (non-hydrogen) atoms. The zero-order valence-electron chi connectivity index (χ0n) is 8.65. The van der Waals surface area contributed by atoms with Crippen LogP contribution in [0.25, 0.3) is 0 Å². The molecule has 0 spiro atoms. The molecule has 1 fully saturated rings. The third kappa shape index (κ3) is 3.10. The van der Waals surface area contributed by atoms with Crippen molar-refractivity contribution >= 4 is 5.91 Å². The Labute approximate surface area is 87.0 Å². The second kappa shape index (κ2) is 4.40. The van der Waals surface area contributed by atoms with Gasteiger partial charge in [-0.2, -0.15) is 0 Å². The minimum absolute atomic E-state index is 0.388. The Balaban J connectivity index is 2.42. The van der Waals surface area contributed by atoms with Gasteiger partial charge in [-0.15, -0.1) is 0 Å². The SMILES string of the molecule is CC1(C(=O)NCC(F)(F)CO)CCNC1. The van der Waals surface area contributed by atoms with E-state index in [1.165, 1.54) is 0 Å². The molecule has 1 unspecified atom stereocenters. The summed E-state index contributed by atoms with van der Waals surface area (Å²) in [6, 6.07) is 0. The number of amides is 1. The Morgan fingerprint density at radius 2 is 2.33 bits per heavy atom. The second-order valence-electron chi connectivity index (χ2n) is 4.18. The van der Waals surface area contributed by atoms with E-state index in [-0.39, 0.29) is 5.91 Å². The van der Waals surface area contributed by atoms with Gasteiger partial charge in [0.2, 0.25) is 5.91 Å². The number of aliphatic hydroxyl groups excluding tert-OH is 1. The van der Waals surface area contributed by atoms with Gasteiger partial charge in [0, 0.05) is 6.54 Å². The summed E-state index contributed by atoms with van der Waals surface area (Å²) in [6.45, 7) is 0.906. The maximum atomic E-state index is 12.6. The molecule has 1 amide bonds. The molecule has 1 aliphatic heterocycles. The molecule has 0 radical (unpaired) electrons. The molecule has 4 nitrogen and oxygen atoms in total. The molecule has 0 bridgehead atoms.